The second-order valence-electron chi connectivity index (χ2n) is 10.3. The molecule has 4 aliphatic rings. The Morgan fingerprint density at radius 1 is 1.14 bits per heavy atom. The number of esters is 3. The molecular formula is C25H34O10. The molecule has 0 aromatic carbocycles. The lowest BCUT2D eigenvalue weighted by Crippen LogP contribution is -2.62. The number of carbonyl (C=O) groups excluding carboxylic acids is 3. The van der Waals surface area contributed by atoms with Crippen molar-refractivity contribution in [1.29, 1.82) is 0 Å². The fourth-order valence-corrected chi connectivity index (χ4v) is 6.07. The number of hydrogen-bond acceptors (Lipinski definition) is 10. The minimum Gasteiger partial charge on any atom is -0.463 e. The summed E-state index contributed by atoms with van der Waals surface area (Å²) >= 11 is 0. The zero-order chi connectivity index (χ0) is 25.7. The van der Waals surface area contributed by atoms with E-state index in [1.807, 2.05) is 6.92 Å². The first-order valence-corrected chi connectivity index (χ1v) is 12.0. The molecule has 4 rings (SSSR count). The lowest BCUT2D eigenvalue weighted by Gasteiger charge is -2.45. The Hall–Kier alpha value is -2.27. The Bertz CT molecular complexity index is 914. The summed E-state index contributed by atoms with van der Waals surface area (Å²) in [5, 5.41) is 21.6. The summed E-state index contributed by atoms with van der Waals surface area (Å²) in [6.07, 6.45) is -4.25. The van der Waals surface area contributed by atoms with E-state index in [-0.39, 0.29) is 36.4 Å². The van der Waals surface area contributed by atoms with Crippen molar-refractivity contribution >= 4 is 17.9 Å². The summed E-state index contributed by atoms with van der Waals surface area (Å²) in [6, 6.07) is 0. The Morgan fingerprint density at radius 2 is 1.86 bits per heavy atom. The highest BCUT2D eigenvalue weighted by Gasteiger charge is 2.56. The van der Waals surface area contributed by atoms with Crippen LogP contribution < -0.4 is 0 Å². The molecular weight excluding hydrogens is 460 g/mol. The molecule has 2 aliphatic carbocycles. The molecule has 194 valence electrons. The summed E-state index contributed by atoms with van der Waals surface area (Å²) in [5.41, 5.74) is 0.657. The molecule has 0 radical (unpaired) electrons. The molecule has 10 heteroatoms. The van der Waals surface area contributed by atoms with Crippen molar-refractivity contribution in [2.45, 2.75) is 88.9 Å². The maximum Gasteiger partial charge on any atom is 0.334 e. The highest BCUT2D eigenvalue weighted by atomic mass is 16.7. The molecule has 35 heavy (non-hydrogen) atoms. The maximum atomic E-state index is 12.1. The first kappa shape index (κ1) is 25.8. The smallest absolute Gasteiger partial charge is 0.334 e. The van der Waals surface area contributed by atoms with Gasteiger partial charge in [0.1, 0.15) is 31.0 Å². The summed E-state index contributed by atoms with van der Waals surface area (Å²) in [5.74, 6) is -1.73. The van der Waals surface area contributed by atoms with Gasteiger partial charge in [0.15, 0.2) is 12.4 Å². The second kappa shape index (κ2) is 9.65. The molecule has 2 saturated carbocycles. The van der Waals surface area contributed by atoms with Crippen LogP contribution in [0.4, 0.5) is 0 Å². The van der Waals surface area contributed by atoms with E-state index in [9.17, 15) is 24.6 Å². The largest absolute Gasteiger partial charge is 0.463 e. The van der Waals surface area contributed by atoms with Gasteiger partial charge in [-0.2, -0.15) is 0 Å². The fourth-order valence-electron chi connectivity index (χ4n) is 6.07. The summed E-state index contributed by atoms with van der Waals surface area (Å²) < 4.78 is 28.0. The number of aliphatic hydroxyl groups is 2. The van der Waals surface area contributed by atoms with Gasteiger partial charge in [-0.15, -0.1) is 0 Å². The van der Waals surface area contributed by atoms with Crippen LogP contribution in [0.5, 0.6) is 0 Å². The fraction of sp³-hybridized carbons (Fsp3) is 0.720. The van der Waals surface area contributed by atoms with E-state index in [1.54, 1.807) is 0 Å². The zero-order valence-electron chi connectivity index (χ0n) is 20.3. The van der Waals surface area contributed by atoms with Gasteiger partial charge in [0.25, 0.3) is 0 Å². The van der Waals surface area contributed by atoms with E-state index in [2.05, 4.69) is 13.2 Å². The van der Waals surface area contributed by atoms with Crippen molar-refractivity contribution in [3.05, 3.63) is 24.3 Å². The van der Waals surface area contributed by atoms with Crippen LogP contribution in [-0.2, 0) is 38.1 Å². The molecule has 0 spiro atoms. The number of rotatable bonds is 5. The number of carbonyl (C=O) groups is 3. The van der Waals surface area contributed by atoms with Crippen LogP contribution in [0.15, 0.2) is 24.3 Å². The van der Waals surface area contributed by atoms with Crippen molar-refractivity contribution in [3.63, 3.8) is 0 Å². The maximum absolute atomic E-state index is 12.1. The Morgan fingerprint density at radius 3 is 2.51 bits per heavy atom. The zero-order valence-corrected chi connectivity index (χ0v) is 20.3. The Balaban J connectivity index is 1.57. The highest BCUT2D eigenvalue weighted by molar-refractivity contribution is 5.90. The molecule has 0 bridgehead atoms. The van der Waals surface area contributed by atoms with Crippen LogP contribution in [0.25, 0.3) is 0 Å². The average Bonchev–Trinajstić information content (AvgIpc) is 3.17. The molecule has 2 heterocycles. The normalized spacial score (nSPS) is 43.1. The summed E-state index contributed by atoms with van der Waals surface area (Å²) in [6.45, 7) is 12.2. The lowest BCUT2D eigenvalue weighted by atomic mass is 9.78. The van der Waals surface area contributed by atoms with Gasteiger partial charge in [-0.1, -0.05) is 18.7 Å². The van der Waals surface area contributed by atoms with Crippen LogP contribution >= 0.6 is 0 Å². The molecule has 0 aromatic heterocycles. The third-order valence-corrected chi connectivity index (χ3v) is 7.91. The predicted octanol–water partition coefficient (Wildman–Crippen LogP) is 1.18. The summed E-state index contributed by atoms with van der Waals surface area (Å²) in [7, 11) is 0. The standard InChI is InChI=1S/C25H34O10/c1-11-8-18-16(12(2)23(30)33-18)9-17-15(11)6-7-25(17,5)35-24-21(29)22(32-14(4)27)20(28)19(34-24)10-31-13(3)26/h15-22,24,28-29H,1-2,6-10H2,3-5H3/t15-,16-,17-,18-,19-,20-,21-,22+,24+,25-/m1/s1. The molecule has 2 saturated heterocycles. The number of ether oxygens (including phenoxy) is 5. The molecule has 10 atom stereocenters. The molecule has 4 fully saturated rings. The monoisotopic (exact) mass is 494 g/mol. The van der Waals surface area contributed by atoms with Gasteiger partial charge in [-0.3, -0.25) is 9.59 Å². The first-order chi connectivity index (χ1) is 16.4. The minimum absolute atomic E-state index is 0.0574. The van der Waals surface area contributed by atoms with Gasteiger partial charge >= 0.3 is 17.9 Å². The average molecular weight is 495 g/mol. The SMILES string of the molecule is C=C1C[C@H]2OC(=O)C(=C)[C@H]2C[C@@H]2[C@@H]1CC[C@@]2(C)O[C@@H]1O[C@H](COC(C)=O)[C@@H](O)[C@H](OC(C)=O)[C@H]1O. The van der Waals surface area contributed by atoms with Crippen LogP contribution in [-0.4, -0.2) is 77.1 Å². The predicted molar refractivity (Wildman–Crippen MR) is 119 cm³/mol. The Kier molecular flexibility index (Phi) is 7.11. The molecule has 10 nitrogen and oxygen atoms in total. The highest BCUT2D eigenvalue weighted by Crippen LogP contribution is 2.55. The van der Waals surface area contributed by atoms with Gasteiger partial charge in [-0.05, 0) is 38.0 Å². The van der Waals surface area contributed by atoms with Gasteiger partial charge in [0.2, 0.25) is 0 Å². The third kappa shape index (κ3) is 4.89. The number of aliphatic hydroxyl groups excluding tert-OH is 2. The van der Waals surface area contributed by atoms with Gasteiger partial charge < -0.3 is 33.9 Å². The van der Waals surface area contributed by atoms with Crippen molar-refractivity contribution in [3.8, 4) is 0 Å². The van der Waals surface area contributed by atoms with Crippen LogP contribution in [0, 0.1) is 17.8 Å². The van der Waals surface area contributed by atoms with E-state index in [0.29, 0.717) is 24.8 Å². The van der Waals surface area contributed by atoms with Crippen molar-refractivity contribution < 1.29 is 48.3 Å². The van der Waals surface area contributed by atoms with Crippen molar-refractivity contribution in [2.24, 2.45) is 17.8 Å². The van der Waals surface area contributed by atoms with E-state index in [0.717, 1.165) is 12.0 Å². The van der Waals surface area contributed by atoms with Gasteiger partial charge in [0, 0.05) is 31.8 Å². The lowest BCUT2D eigenvalue weighted by molar-refractivity contribution is -0.330. The van der Waals surface area contributed by atoms with Crippen LogP contribution in [0.3, 0.4) is 0 Å². The quantitative estimate of drug-likeness (QED) is 0.248. The van der Waals surface area contributed by atoms with Crippen LogP contribution in [0.1, 0.15) is 46.5 Å². The Labute approximate surface area is 204 Å². The molecule has 2 N–H and O–H groups in total. The molecule has 0 aromatic rings. The second-order valence-corrected chi connectivity index (χ2v) is 10.3. The van der Waals surface area contributed by atoms with E-state index >= 15 is 0 Å². The van der Waals surface area contributed by atoms with Crippen molar-refractivity contribution in [2.75, 3.05) is 6.61 Å². The number of fused-ring (bicyclic) bond motifs is 2. The van der Waals surface area contributed by atoms with E-state index in [4.69, 9.17) is 23.7 Å². The topological polar surface area (TPSA) is 138 Å². The third-order valence-electron chi connectivity index (χ3n) is 7.91. The molecule has 2 aliphatic heterocycles. The first-order valence-electron chi connectivity index (χ1n) is 12.0. The minimum atomic E-state index is -1.48. The summed E-state index contributed by atoms with van der Waals surface area (Å²) in [4.78, 5) is 35.1. The number of hydrogen-bond donors (Lipinski definition) is 2. The molecule has 0 amide bonds. The van der Waals surface area contributed by atoms with Crippen LogP contribution in [0.2, 0.25) is 0 Å². The van der Waals surface area contributed by atoms with E-state index < -0.39 is 48.2 Å². The van der Waals surface area contributed by atoms with Gasteiger partial charge in [0.05, 0.1) is 5.60 Å². The van der Waals surface area contributed by atoms with E-state index in [1.165, 1.54) is 13.8 Å². The van der Waals surface area contributed by atoms with Gasteiger partial charge in [-0.25, -0.2) is 4.79 Å². The van der Waals surface area contributed by atoms with Crippen molar-refractivity contribution in [1.82, 2.24) is 0 Å². The molecule has 0 unspecified atom stereocenters.